The quantitative estimate of drug-likeness (QED) is 0.681. The Balaban J connectivity index is 3.14. The Bertz CT molecular complexity index is 392. The maximum Gasteiger partial charge on any atom is 0.152 e. The maximum atomic E-state index is 14.0. The van der Waals surface area contributed by atoms with Gasteiger partial charge in [-0.05, 0) is 31.9 Å². The molecule has 1 aromatic carbocycles. The largest absolute Gasteiger partial charge is 0.366 e. The zero-order chi connectivity index (χ0) is 13.5. The van der Waals surface area contributed by atoms with Crippen LogP contribution in [-0.2, 0) is 0 Å². The van der Waals surface area contributed by atoms with Gasteiger partial charge >= 0.3 is 0 Å². The molecule has 0 aliphatic carbocycles. The second-order valence-electron chi connectivity index (χ2n) is 4.60. The smallest absolute Gasteiger partial charge is 0.152 e. The third kappa shape index (κ3) is 3.31. The van der Waals surface area contributed by atoms with Crippen LogP contribution in [0.2, 0.25) is 0 Å². The minimum absolute atomic E-state index is 0.229. The Hall–Kier alpha value is -1.38. The topological polar surface area (TPSA) is 20.3 Å². The normalized spacial score (nSPS) is 12.2. The number of aldehydes is 1. The first-order valence-corrected chi connectivity index (χ1v) is 6.66. The van der Waals surface area contributed by atoms with Gasteiger partial charge in [-0.25, -0.2) is 4.39 Å². The molecule has 1 atom stereocenters. The summed E-state index contributed by atoms with van der Waals surface area (Å²) >= 11 is 0. The lowest BCUT2D eigenvalue weighted by atomic mass is 10.1. The van der Waals surface area contributed by atoms with E-state index in [2.05, 4.69) is 20.8 Å². The van der Waals surface area contributed by atoms with Crippen LogP contribution in [0.1, 0.15) is 50.4 Å². The van der Waals surface area contributed by atoms with E-state index in [1.807, 2.05) is 4.90 Å². The number of anilines is 1. The first-order chi connectivity index (χ1) is 8.65. The number of carbonyl (C=O) groups is 1. The van der Waals surface area contributed by atoms with Crippen molar-refractivity contribution in [3.05, 3.63) is 29.6 Å². The lowest BCUT2D eigenvalue weighted by molar-refractivity contribution is 0.112. The Morgan fingerprint density at radius 2 is 2.11 bits per heavy atom. The van der Waals surface area contributed by atoms with Crippen LogP contribution in [0.15, 0.2) is 18.2 Å². The van der Waals surface area contributed by atoms with Gasteiger partial charge in [0.25, 0.3) is 0 Å². The molecule has 0 N–H and O–H groups in total. The predicted octanol–water partition coefficient (Wildman–Crippen LogP) is 4.04. The molecule has 0 spiro atoms. The van der Waals surface area contributed by atoms with Crippen LogP contribution in [0.3, 0.4) is 0 Å². The number of nitrogens with zero attached hydrogens (tertiary/aromatic N) is 1. The van der Waals surface area contributed by atoms with Crippen molar-refractivity contribution >= 4 is 12.0 Å². The van der Waals surface area contributed by atoms with Crippen molar-refractivity contribution in [1.29, 1.82) is 0 Å². The summed E-state index contributed by atoms with van der Waals surface area (Å²) < 4.78 is 14.0. The van der Waals surface area contributed by atoms with Crippen LogP contribution in [0.5, 0.6) is 0 Å². The molecule has 0 saturated heterocycles. The molecule has 2 nitrogen and oxygen atoms in total. The summed E-state index contributed by atoms with van der Waals surface area (Å²) in [6.07, 6.45) is 3.71. The predicted molar refractivity (Wildman–Crippen MR) is 73.8 cm³/mol. The first kappa shape index (κ1) is 14.7. The van der Waals surface area contributed by atoms with Crippen molar-refractivity contribution in [2.75, 3.05) is 11.4 Å². The zero-order valence-corrected chi connectivity index (χ0v) is 11.4. The molecule has 3 heteroatoms. The Morgan fingerprint density at radius 1 is 1.39 bits per heavy atom. The number of hydrogen-bond donors (Lipinski definition) is 0. The fraction of sp³-hybridized carbons (Fsp3) is 0.533. The first-order valence-electron chi connectivity index (χ1n) is 6.66. The Kier molecular flexibility index (Phi) is 5.83. The summed E-state index contributed by atoms with van der Waals surface area (Å²) in [7, 11) is 0. The molecular formula is C15H22FNO. The average Bonchev–Trinajstić information content (AvgIpc) is 2.39. The molecule has 1 unspecified atom stereocenters. The van der Waals surface area contributed by atoms with Gasteiger partial charge in [-0.15, -0.1) is 0 Å². The lowest BCUT2D eigenvalue weighted by Gasteiger charge is -2.32. The lowest BCUT2D eigenvalue weighted by Crippen LogP contribution is -2.35. The molecule has 0 aliphatic heterocycles. The summed E-state index contributed by atoms with van der Waals surface area (Å²) in [4.78, 5) is 13.1. The van der Waals surface area contributed by atoms with E-state index in [9.17, 15) is 9.18 Å². The van der Waals surface area contributed by atoms with Gasteiger partial charge in [-0.1, -0.05) is 26.3 Å². The van der Waals surface area contributed by atoms with Crippen LogP contribution in [0, 0.1) is 5.82 Å². The van der Waals surface area contributed by atoms with Gasteiger partial charge in [0.1, 0.15) is 5.82 Å². The number of rotatable bonds is 7. The fourth-order valence-electron chi connectivity index (χ4n) is 2.03. The van der Waals surface area contributed by atoms with E-state index in [-0.39, 0.29) is 11.9 Å². The van der Waals surface area contributed by atoms with Crippen molar-refractivity contribution < 1.29 is 9.18 Å². The minimum atomic E-state index is -0.309. The zero-order valence-electron chi connectivity index (χ0n) is 11.4. The number of hydrogen-bond acceptors (Lipinski definition) is 2. The van der Waals surface area contributed by atoms with E-state index in [0.29, 0.717) is 11.3 Å². The molecular weight excluding hydrogens is 229 g/mol. The SMILES string of the molecule is CCCCN(c1c(F)cccc1C=O)C(C)CC. The van der Waals surface area contributed by atoms with E-state index in [4.69, 9.17) is 0 Å². The molecule has 0 aromatic heterocycles. The van der Waals surface area contributed by atoms with Gasteiger partial charge in [-0.3, -0.25) is 4.79 Å². The van der Waals surface area contributed by atoms with E-state index < -0.39 is 0 Å². The van der Waals surface area contributed by atoms with E-state index in [1.165, 1.54) is 6.07 Å². The highest BCUT2D eigenvalue weighted by molar-refractivity contribution is 5.85. The third-order valence-corrected chi connectivity index (χ3v) is 3.31. The van der Waals surface area contributed by atoms with Crippen LogP contribution in [0.4, 0.5) is 10.1 Å². The highest BCUT2D eigenvalue weighted by Crippen LogP contribution is 2.26. The molecule has 100 valence electrons. The summed E-state index contributed by atoms with van der Waals surface area (Å²) in [5.41, 5.74) is 0.890. The van der Waals surface area contributed by atoms with Gasteiger partial charge in [-0.2, -0.15) is 0 Å². The summed E-state index contributed by atoms with van der Waals surface area (Å²) in [5, 5.41) is 0. The molecule has 0 saturated carbocycles. The minimum Gasteiger partial charge on any atom is -0.366 e. The van der Waals surface area contributed by atoms with Crippen molar-refractivity contribution in [3.8, 4) is 0 Å². The highest BCUT2D eigenvalue weighted by atomic mass is 19.1. The van der Waals surface area contributed by atoms with E-state index in [1.54, 1.807) is 12.1 Å². The van der Waals surface area contributed by atoms with Gasteiger partial charge in [0, 0.05) is 18.2 Å². The fourth-order valence-corrected chi connectivity index (χ4v) is 2.03. The number of halogens is 1. The highest BCUT2D eigenvalue weighted by Gasteiger charge is 2.19. The Morgan fingerprint density at radius 3 is 2.67 bits per heavy atom. The molecule has 18 heavy (non-hydrogen) atoms. The molecule has 1 rings (SSSR count). The van der Waals surface area contributed by atoms with E-state index in [0.717, 1.165) is 32.1 Å². The number of para-hydroxylation sites is 1. The second kappa shape index (κ2) is 7.14. The molecule has 0 aliphatic rings. The van der Waals surface area contributed by atoms with Crippen molar-refractivity contribution in [1.82, 2.24) is 0 Å². The number of carbonyl (C=O) groups excluding carboxylic acids is 1. The van der Waals surface area contributed by atoms with Crippen LogP contribution >= 0.6 is 0 Å². The van der Waals surface area contributed by atoms with Crippen LogP contribution in [0.25, 0.3) is 0 Å². The number of unbranched alkanes of at least 4 members (excludes halogenated alkanes) is 1. The van der Waals surface area contributed by atoms with Crippen LogP contribution < -0.4 is 4.90 Å². The molecule has 0 fully saturated rings. The van der Waals surface area contributed by atoms with Crippen LogP contribution in [-0.4, -0.2) is 18.9 Å². The molecule has 1 aromatic rings. The number of benzene rings is 1. The van der Waals surface area contributed by atoms with Crippen molar-refractivity contribution in [2.45, 2.75) is 46.1 Å². The van der Waals surface area contributed by atoms with Gasteiger partial charge in [0.2, 0.25) is 0 Å². The Labute approximate surface area is 109 Å². The monoisotopic (exact) mass is 251 g/mol. The average molecular weight is 251 g/mol. The maximum absolute atomic E-state index is 14.0. The summed E-state index contributed by atoms with van der Waals surface area (Å²) in [6, 6.07) is 4.90. The van der Waals surface area contributed by atoms with Gasteiger partial charge < -0.3 is 4.90 Å². The molecule has 0 heterocycles. The molecule has 0 radical (unpaired) electrons. The van der Waals surface area contributed by atoms with Gasteiger partial charge in [0.15, 0.2) is 6.29 Å². The summed E-state index contributed by atoms with van der Waals surface area (Å²) in [6.45, 7) is 7.03. The van der Waals surface area contributed by atoms with Gasteiger partial charge in [0.05, 0.1) is 5.69 Å². The van der Waals surface area contributed by atoms with Crippen molar-refractivity contribution in [3.63, 3.8) is 0 Å². The molecule has 0 amide bonds. The molecule has 0 bridgehead atoms. The van der Waals surface area contributed by atoms with E-state index >= 15 is 0 Å². The standard InChI is InChI=1S/C15H22FNO/c1-4-6-10-17(12(3)5-2)15-13(11-18)8-7-9-14(15)16/h7-9,11-12H,4-6,10H2,1-3H3. The van der Waals surface area contributed by atoms with Crippen molar-refractivity contribution in [2.24, 2.45) is 0 Å². The third-order valence-electron chi connectivity index (χ3n) is 3.31. The second-order valence-corrected chi connectivity index (χ2v) is 4.60. The summed E-state index contributed by atoms with van der Waals surface area (Å²) in [5.74, 6) is -0.309.